The Morgan fingerprint density at radius 2 is 0.600 bits per heavy atom. The topological polar surface area (TPSA) is 9.86 Å². The first-order valence-corrected chi connectivity index (χ1v) is 20.7. The van der Waals surface area contributed by atoms with Gasteiger partial charge in [-0.2, -0.15) is 0 Å². The molecule has 0 aliphatic carbocycles. The SMILES string of the molecule is c1ccc(-n2c3ccccc3c3cc(-c4ccc(-c5cccc6cccc(-c7ccc(-c8ccc9c(c8)c8ccccc8n9-c8ccccc8)cc7)c56)cc4)ccc32)cc1. The molecule has 0 bridgehead atoms. The van der Waals surface area contributed by atoms with Crippen molar-refractivity contribution in [2.75, 3.05) is 0 Å². The summed E-state index contributed by atoms with van der Waals surface area (Å²) in [6.45, 7) is 0. The number of rotatable bonds is 6. The largest absolute Gasteiger partial charge is 0.309 e. The van der Waals surface area contributed by atoms with Crippen molar-refractivity contribution in [3.05, 3.63) is 231 Å². The fraction of sp³-hybridized carbons (Fsp3) is 0. The third-order valence-corrected chi connectivity index (χ3v) is 12.3. The maximum Gasteiger partial charge on any atom is 0.0541 e. The average Bonchev–Trinajstić information content (AvgIpc) is 3.84. The zero-order chi connectivity index (χ0) is 39.6. The number of aromatic nitrogens is 2. The van der Waals surface area contributed by atoms with E-state index in [1.807, 2.05) is 0 Å². The lowest BCUT2D eigenvalue weighted by molar-refractivity contribution is 1.18. The van der Waals surface area contributed by atoms with Crippen molar-refractivity contribution >= 4 is 54.4 Å². The van der Waals surface area contributed by atoms with Crippen LogP contribution >= 0.6 is 0 Å². The van der Waals surface area contributed by atoms with Gasteiger partial charge in [0.2, 0.25) is 0 Å². The molecule has 280 valence electrons. The molecule has 0 saturated heterocycles. The van der Waals surface area contributed by atoms with Gasteiger partial charge in [0.1, 0.15) is 0 Å². The van der Waals surface area contributed by atoms with Crippen molar-refractivity contribution in [2.24, 2.45) is 0 Å². The first-order valence-electron chi connectivity index (χ1n) is 20.7. The molecule has 60 heavy (non-hydrogen) atoms. The minimum atomic E-state index is 1.17. The van der Waals surface area contributed by atoms with Gasteiger partial charge in [-0.25, -0.2) is 0 Å². The van der Waals surface area contributed by atoms with E-state index >= 15 is 0 Å². The van der Waals surface area contributed by atoms with Crippen LogP contribution < -0.4 is 0 Å². The van der Waals surface area contributed by atoms with Crippen molar-refractivity contribution in [3.63, 3.8) is 0 Å². The Balaban J connectivity index is 0.894. The van der Waals surface area contributed by atoms with Crippen LogP contribution in [0.4, 0.5) is 0 Å². The predicted octanol–water partition coefficient (Wildman–Crippen LogP) is 15.7. The Morgan fingerprint density at radius 1 is 0.233 bits per heavy atom. The van der Waals surface area contributed by atoms with Crippen molar-refractivity contribution in [1.29, 1.82) is 0 Å². The molecule has 2 heteroatoms. The highest BCUT2D eigenvalue weighted by Crippen LogP contribution is 2.40. The Morgan fingerprint density at radius 3 is 1.05 bits per heavy atom. The van der Waals surface area contributed by atoms with Gasteiger partial charge in [-0.1, -0.05) is 170 Å². The molecule has 12 rings (SSSR count). The van der Waals surface area contributed by atoms with E-state index in [1.54, 1.807) is 0 Å². The molecule has 0 radical (unpaired) electrons. The van der Waals surface area contributed by atoms with Gasteiger partial charge in [-0.15, -0.1) is 0 Å². The lowest BCUT2D eigenvalue weighted by Gasteiger charge is -2.14. The molecule has 2 aromatic heterocycles. The summed E-state index contributed by atoms with van der Waals surface area (Å²) >= 11 is 0. The lowest BCUT2D eigenvalue weighted by atomic mass is 9.90. The highest BCUT2D eigenvalue weighted by atomic mass is 15.0. The van der Waals surface area contributed by atoms with E-state index in [4.69, 9.17) is 0 Å². The molecule has 12 aromatic rings. The summed E-state index contributed by atoms with van der Waals surface area (Å²) < 4.78 is 4.74. The second-order valence-corrected chi connectivity index (χ2v) is 15.7. The molecule has 0 N–H and O–H groups in total. The standard InChI is InChI=1S/C58H38N2/c1-3-15-46(16-4-1)59-54-23-9-7-19-50(54)52-37-44(33-35-56(52)59)39-25-29-41(30-26-39)48-21-11-13-43-14-12-22-49(58(43)48)42-31-27-40(28-32-42)45-34-36-57-53(38-45)51-20-8-10-24-55(51)60(57)47-17-5-2-6-18-47/h1-38H. The summed E-state index contributed by atoms with van der Waals surface area (Å²) in [6.07, 6.45) is 0. The molecular formula is C58H38N2. The van der Waals surface area contributed by atoms with Crippen molar-refractivity contribution < 1.29 is 0 Å². The van der Waals surface area contributed by atoms with E-state index < -0.39 is 0 Å². The predicted molar refractivity (Wildman–Crippen MR) is 254 cm³/mol. The van der Waals surface area contributed by atoms with Crippen LogP contribution in [-0.2, 0) is 0 Å². The normalized spacial score (nSPS) is 11.7. The molecule has 10 aromatic carbocycles. The molecule has 0 saturated carbocycles. The number of para-hydroxylation sites is 4. The van der Waals surface area contributed by atoms with Crippen LogP contribution in [0.3, 0.4) is 0 Å². The molecule has 0 unspecified atom stereocenters. The minimum absolute atomic E-state index is 1.17. The molecule has 0 aliphatic rings. The lowest BCUT2D eigenvalue weighted by Crippen LogP contribution is -1.92. The van der Waals surface area contributed by atoms with Crippen LogP contribution in [-0.4, -0.2) is 9.13 Å². The van der Waals surface area contributed by atoms with E-state index in [-0.39, 0.29) is 0 Å². The molecule has 0 fully saturated rings. The Bertz CT molecular complexity index is 3320. The van der Waals surface area contributed by atoms with Gasteiger partial charge in [-0.05, 0) is 116 Å². The molecule has 0 aliphatic heterocycles. The highest BCUT2D eigenvalue weighted by Gasteiger charge is 2.16. The zero-order valence-corrected chi connectivity index (χ0v) is 32.8. The maximum atomic E-state index is 2.37. The Kier molecular flexibility index (Phi) is 7.89. The summed E-state index contributed by atoms with van der Waals surface area (Å²) in [6, 6.07) is 84.1. The number of hydrogen-bond acceptors (Lipinski definition) is 0. The van der Waals surface area contributed by atoms with Crippen LogP contribution in [0.2, 0.25) is 0 Å². The van der Waals surface area contributed by atoms with Crippen molar-refractivity contribution in [1.82, 2.24) is 9.13 Å². The maximum absolute atomic E-state index is 2.37. The van der Waals surface area contributed by atoms with Gasteiger partial charge in [0.25, 0.3) is 0 Å². The zero-order valence-electron chi connectivity index (χ0n) is 32.8. The summed E-state index contributed by atoms with van der Waals surface area (Å²) in [5, 5.41) is 7.55. The third kappa shape index (κ3) is 5.50. The minimum Gasteiger partial charge on any atom is -0.309 e. The van der Waals surface area contributed by atoms with E-state index in [2.05, 4.69) is 240 Å². The second-order valence-electron chi connectivity index (χ2n) is 15.7. The van der Waals surface area contributed by atoms with E-state index in [0.29, 0.717) is 0 Å². The highest BCUT2D eigenvalue weighted by molar-refractivity contribution is 6.12. The molecule has 2 heterocycles. The van der Waals surface area contributed by atoms with Gasteiger partial charge in [0, 0.05) is 32.9 Å². The van der Waals surface area contributed by atoms with Gasteiger partial charge in [0.05, 0.1) is 22.1 Å². The van der Waals surface area contributed by atoms with Crippen LogP contribution in [0, 0.1) is 0 Å². The van der Waals surface area contributed by atoms with Crippen LogP contribution in [0.5, 0.6) is 0 Å². The second kappa shape index (κ2) is 13.9. The first-order chi connectivity index (χ1) is 29.8. The van der Waals surface area contributed by atoms with Gasteiger partial charge < -0.3 is 9.13 Å². The van der Waals surface area contributed by atoms with Crippen LogP contribution in [0.25, 0.3) is 110 Å². The van der Waals surface area contributed by atoms with Crippen molar-refractivity contribution in [2.45, 2.75) is 0 Å². The number of fused-ring (bicyclic) bond motifs is 7. The molecule has 0 spiro atoms. The fourth-order valence-corrected chi connectivity index (χ4v) is 9.52. The smallest absolute Gasteiger partial charge is 0.0541 e. The number of benzene rings is 10. The van der Waals surface area contributed by atoms with Crippen LogP contribution in [0.1, 0.15) is 0 Å². The third-order valence-electron chi connectivity index (χ3n) is 12.3. The molecule has 0 amide bonds. The fourth-order valence-electron chi connectivity index (χ4n) is 9.52. The average molecular weight is 763 g/mol. The van der Waals surface area contributed by atoms with E-state index in [1.165, 1.54) is 110 Å². The van der Waals surface area contributed by atoms with E-state index in [0.717, 1.165) is 0 Å². The number of hydrogen-bond donors (Lipinski definition) is 0. The Labute approximate surface area is 348 Å². The molecular weight excluding hydrogens is 725 g/mol. The first kappa shape index (κ1) is 34.1. The summed E-state index contributed by atoms with van der Waals surface area (Å²) in [7, 11) is 0. The summed E-state index contributed by atoms with van der Waals surface area (Å²) in [5.74, 6) is 0. The monoisotopic (exact) mass is 762 g/mol. The quantitative estimate of drug-likeness (QED) is 0.160. The molecule has 2 nitrogen and oxygen atoms in total. The van der Waals surface area contributed by atoms with E-state index in [9.17, 15) is 0 Å². The van der Waals surface area contributed by atoms with Gasteiger partial charge >= 0.3 is 0 Å². The van der Waals surface area contributed by atoms with Gasteiger partial charge in [-0.3, -0.25) is 0 Å². The number of nitrogens with zero attached hydrogens (tertiary/aromatic N) is 2. The Hall–Kier alpha value is -7.94. The van der Waals surface area contributed by atoms with Crippen molar-refractivity contribution in [3.8, 4) is 55.9 Å². The molecule has 0 atom stereocenters. The summed E-state index contributed by atoms with van der Waals surface area (Å²) in [5.41, 5.74) is 16.9. The van der Waals surface area contributed by atoms with Crippen LogP contribution in [0.15, 0.2) is 231 Å². The van der Waals surface area contributed by atoms with Gasteiger partial charge in [0.15, 0.2) is 0 Å². The summed E-state index contributed by atoms with van der Waals surface area (Å²) in [4.78, 5) is 0.